The van der Waals surface area contributed by atoms with E-state index in [2.05, 4.69) is 0 Å². The van der Waals surface area contributed by atoms with Gasteiger partial charge in [-0.25, -0.2) is 4.39 Å². The van der Waals surface area contributed by atoms with Crippen molar-refractivity contribution in [2.75, 3.05) is 7.11 Å². The molecule has 0 aliphatic heterocycles. The Labute approximate surface area is 126 Å². The number of ether oxygens (including phenoxy) is 1. The van der Waals surface area contributed by atoms with Crippen LogP contribution in [0.4, 0.5) is 4.39 Å². The second-order valence-electron chi connectivity index (χ2n) is 4.33. The second-order valence-corrected chi connectivity index (χ2v) is 5.11. The summed E-state index contributed by atoms with van der Waals surface area (Å²) >= 11 is 11.9. The minimum absolute atomic E-state index is 0.0335. The summed E-state index contributed by atoms with van der Waals surface area (Å²) in [6.07, 6.45) is -0.614. The van der Waals surface area contributed by atoms with E-state index in [1.54, 1.807) is 30.3 Å². The smallest absolute Gasteiger partial charge is 0.142 e. The molecular weight excluding hydrogens is 302 g/mol. The van der Waals surface area contributed by atoms with Crippen molar-refractivity contribution >= 4 is 23.2 Å². The quantitative estimate of drug-likeness (QED) is 0.905. The Hall–Kier alpha value is -1.29. The molecule has 0 aliphatic carbocycles. The predicted octanol–water partition coefficient (Wildman–Crippen LogP) is 4.42. The van der Waals surface area contributed by atoms with Gasteiger partial charge in [-0.1, -0.05) is 41.4 Å². The van der Waals surface area contributed by atoms with Gasteiger partial charge in [-0.2, -0.15) is 0 Å². The van der Waals surface area contributed by atoms with Gasteiger partial charge in [-0.3, -0.25) is 0 Å². The molecule has 1 unspecified atom stereocenters. The van der Waals surface area contributed by atoms with Crippen molar-refractivity contribution in [1.29, 1.82) is 0 Å². The van der Waals surface area contributed by atoms with Gasteiger partial charge in [0.05, 0.1) is 23.3 Å². The zero-order valence-corrected chi connectivity index (χ0v) is 12.2. The minimum Gasteiger partial charge on any atom is -0.495 e. The molecule has 0 aromatic heterocycles. The lowest BCUT2D eigenvalue weighted by Crippen LogP contribution is -2.03. The summed E-state index contributed by atoms with van der Waals surface area (Å²) in [5.41, 5.74) is 1.17. The van der Waals surface area contributed by atoms with Gasteiger partial charge in [0.1, 0.15) is 11.6 Å². The Balaban J connectivity index is 2.21. The SMILES string of the molecule is COc1ccc(C(O)Cc2cccc(F)c2Cl)cc1Cl. The van der Waals surface area contributed by atoms with Crippen LogP contribution < -0.4 is 4.74 Å². The summed E-state index contributed by atoms with van der Waals surface area (Å²) in [5.74, 6) is 0.0375. The Kier molecular flexibility index (Phi) is 4.86. The largest absolute Gasteiger partial charge is 0.495 e. The van der Waals surface area contributed by atoms with Crippen molar-refractivity contribution in [2.45, 2.75) is 12.5 Å². The average Bonchev–Trinajstić information content (AvgIpc) is 2.43. The average molecular weight is 315 g/mol. The molecule has 0 saturated carbocycles. The third-order valence-corrected chi connectivity index (χ3v) is 3.72. The van der Waals surface area contributed by atoms with Crippen molar-refractivity contribution in [3.8, 4) is 5.75 Å². The molecule has 0 saturated heterocycles. The van der Waals surface area contributed by atoms with Crippen LogP contribution >= 0.6 is 23.2 Å². The van der Waals surface area contributed by atoms with E-state index >= 15 is 0 Å². The maximum atomic E-state index is 13.3. The van der Waals surface area contributed by atoms with Gasteiger partial charge in [0.2, 0.25) is 0 Å². The van der Waals surface area contributed by atoms with Gasteiger partial charge in [-0.15, -0.1) is 0 Å². The van der Waals surface area contributed by atoms with E-state index in [1.165, 1.54) is 13.2 Å². The van der Waals surface area contributed by atoms with Crippen LogP contribution in [0.1, 0.15) is 17.2 Å². The summed E-state index contributed by atoms with van der Waals surface area (Å²) in [6, 6.07) is 9.53. The topological polar surface area (TPSA) is 29.5 Å². The molecule has 5 heteroatoms. The Morgan fingerprint density at radius 1 is 1.25 bits per heavy atom. The summed E-state index contributed by atoms with van der Waals surface area (Å²) in [5, 5.41) is 10.6. The number of rotatable bonds is 4. The first-order chi connectivity index (χ1) is 9.52. The molecule has 0 spiro atoms. The molecule has 0 fully saturated rings. The first-order valence-electron chi connectivity index (χ1n) is 5.97. The monoisotopic (exact) mass is 314 g/mol. The fourth-order valence-electron chi connectivity index (χ4n) is 1.92. The highest BCUT2D eigenvalue weighted by molar-refractivity contribution is 6.32. The van der Waals surface area contributed by atoms with Gasteiger partial charge in [0.15, 0.2) is 0 Å². The molecule has 1 N–H and O–H groups in total. The Morgan fingerprint density at radius 2 is 2.00 bits per heavy atom. The lowest BCUT2D eigenvalue weighted by molar-refractivity contribution is 0.178. The van der Waals surface area contributed by atoms with Crippen LogP contribution in [0.25, 0.3) is 0 Å². The van der Waals surface area contributed by atoms with Crippen molar-refractivity contribution < 1.29 is 14.2 Å². The van der Waals surface area contributed by atoms with E-state index in [1.807, 2.05) is 0 Å². The molecule has 2 aromatic carbocycles. The lowest BCUT2D eigenvalue weighted by Gasteiger charge is -2.14. The van der Waals surface area contributed by atoms with Crippen LogP contribution in [0, 0.1) is 5.82 Å². The predicted molar refractivity (Wildman–Crippen MR) is 78.1 cm³/mol. The van der Waals surface area contributed by atoms with Crippen molar-refractivity contribution in [3.05, 3.63) is 63.4 Å². The standard InChI is InChI=1S/C15H13Cl2FO2/c1-20-14-6-5-9(7-11(14)16)13(19)8-10-3-2-4-12(18)15(10)17/h2-7,13,19H,8H2,1H3. The summed E-state index contributed by atoms with van der Waals surface area (Å²) < 4.78 is 18.4. The van der Waals surface area contributed by atoms with Crippen LogP contribution in [0.5, 0.6) is 5.75 Å². The van der Waals surface area contributed by atoms with Gasteiger partial charge in [-0.05, 0) is 29.3 Å². The van der Waals surface area contributed by atoms with Crippen LogP contribution in [0.3, 0.4) is 0 Å². The van der Waals surface area contributed by atoms with E-state index in [0.29, 0.717) is 21.9 Å². The fraction of sp³-hybridized carbons (Fsp3) is 0.200. The number of hydrogen-bond acceptors (Lipinski definition) is 2. The van der Waals surface area contributed by atoms with Crippen molar-refractivity contribution in [1.82, 2.24) is 0 Å². The molecule has 0 aliphatic rings. The van der Waals surface area contributed by atoms with E-state index in [9.17, 15) is 9.50 Å². The van der Waals surface area contributed by atoms with Crippen LogP contribution in [0.15, 0.2) is 36.4 Å². The van der Waals surface area contributed by atoms with Crippen LogP contribution in [-0.2, 0) is 6.42 Å². The van der Waals surface area contributed by atoms with E-state index in [-0.39, 0.29) is 11.4 Å². The minimum atomic E-state index is -0.822. The molecule has 1 atom stereocenters. The maximum Gasteiger partial charge on any atom is 0.142 e. The van der Waals surface area contributed by atoms with Gasteiger partial charge in [0.25, 0.3) is 0 Å². The maximum absolute atomic E-state index is 13.3. The summed E-state index contributed by atoms with van der Waals surface area (Å²) in [4.78, 5) is 0. The zero-order chi connectivity index (χ0) is 14.7. The van der Waals surface area contributed by atoms with Crippen LogP contribution in [0.2, 0.25) is 10.0 Å². The third-order valence-electron chi connectivity index (χ3n) is 3.01. The first-order valence-corrected chi connectivity index (χ1v) is 6.73. The Morgan fingerprint density at radius 3 is 2.65 bits per heavy atom. The van der Waals surface area contributed by atoms with Gasteiger partial charge < -0.3 is 9.84 Å². The van der Waals surface area contributed by atoms with E-state index < -0.39 is 11.9 Å². The molecule has 0 amide bonds. The highest BCUT2D eigenvalue weighted by atomic mass is 35.5. The molecule has 2 rings (SSSR count). The molecule has 0 radical (unpaired) electrons. The van der Waals surface area contributed by atoms with Gasteiger partial charge >= 0.3 is 0 Å². The number of aliphatic hydroxyl groups is 1. The summed E-state index contributed by atoms with van der Waals surface area (Å²) in [7, 11) is 1.52. The number of hydrogen-bond donors (Lipinski definition) is 1. The second kappa shape index (κ2) is 6.44. The molecule has 0 bridgehead atoms. The number of methoxy groups -OCH3 is 1. The highest BCUT2D eigenvalue weighted by Crippen LogP contribution is 2.30. The Bertz CT molecular complexity index is 617. The number of benzene rings is 2. The third kappa shape index (κ3) is 3.23. The summed E-state index contributed by atoms with van der Waals surface area (Å²) in [6.45, 7) is 0. The normalized spacial score (nSPS) is 12.2. The number of halogens is 3. The molecule has 20 heavy (non-hydrogen) atoms. The number of aliphatic hydroxyl groups excluding tert-OH is 1. The first kappa shape index (κ1) is 15.1. The lowest BCUT2D eigenvalue weighted by atomic mass is 10.0. The highest BCUT2D eigenvalue weighted by Gasteiger charge is 2.14. The fourth-order valence-corrected chi connectivity index (χ4v) is 2.39. The zero-order valence-electron chi connectivity index (χ0n) is 10.7. The van der Waals surface area contributed by atoms with E-state index in [4.69, 9.17) is 27.9 Å². The van der Waals surface area contributed by atoms with Crippen molar-refractivity contribution in [2.24, 2.45) is 0 Å². The molecule has 106 valence electrons. The van der Waals surface area contributed by atoms with Crippen LogP contribution in [-0.4, -0.2) is 12.2 Å². The van der Waals surface area contributed by atoms with Gasteiger partial charge in [0, 0.05) is 6.42 Å². The molecular formula is C15H13Cl2FO2. The van der Waals surface area contributed by atoms with Crippen molar-refractivity contribution in [3.63, 3.8) is 0 Å². The van der Waals surface area contributed by atoms with E-state index in [0.717, 1.165) is 0 Å². The molecule has 0 heterocycles. The molecule has 2 aromatic rings. The molecule has 2 nitrogen and oxygen atoms in total.